The van der Waals surface area contributed by atoms with Crippen molar-refractivity contribution in [2.45, 2.75) is 39.0 Å². The molecule has 1 atom stereocenters. The molecule has 29 heavy (non-hydrogen) atoms. The van der Waals surface area contributed by atoms with Gasteiger partial charge in [-0.2, -0.15) is 0 Å². The number of carbonyl (C=O) groups excluding carboxylic acids is 2. The Hall–Kier alpha value is -2.34. The largest absolute Gasteiger partial charge is 0.456 e. The summed E-state index contributed by atoms with van der Waals surface area (Å²) in [5.41, 5.74) is 0.316. The summed E-state index contributed by atoms with van der Waals surface area (Å²) in [7, 11) is -3.34. The first-order chi connectivity index (χ1) is 13.7. The molecule has 1 N–H and O–H groups in total. The highest BCUT2D eigenvalue weighted by molar-refractivity contribution is 9.10. The number of tetrazole rings is 1. The number of sulfone groups is 1. The van der Waals surface area contributed by atoms with E-state index in [1.54, 1.807) is 24.3 Å². The van der Waals surface area contributed by atoms with Crippen molar-refractivity contribution < 1.29 is 22.7 Å². The number of aromatic nitrogens is 4. The number of esters is 1. The molecule has 1 aromatic heterocycles. The molecule has 1 aromatic carbocycles. The monoisotopic (exact) mass is 487 g/mol. The fourth-order valence-electron chi connectivity index (χ4n) is 2.41. The Morgan fingerprint density at radius 2 is 2.03 bits per heavy atom. The molecule has 2 rings (SSSR count). The number of amides is 1. The standard InChI is InChI=1S/C17H22BrN5O5S/c1-3-9-23-15(20-21-22-23)11-28-17(25)14(8-10-29(2,26)27)19-16(24)12-6-4-5-7-13(12)18/h4-7,14H,3,8-11H2,1-2H3,(H,19,24)/t14-/m1/s1. The van der Waals surface area contributed by atoms with Gasteiger partial charge < -0.3 is 10.1 Å². The molecule has 0 bridgehead atoms. The van der Waals surface area contributed by atoms with Gasteiger partial charge in [-0.1, -0.05) is 19.1 Å². The predicted octanol–water partition coefficient (Wildman–Crippen LogP) is 1.12. The van der Waals surface area contributed by atoms with Gasteiger partial charge in [-0.15, -0.1) is 5.10 Å². The molecular formula is C17H22BrN5O5S. The number of nitrogens with zero attached hydrogens (tertiary/aromatic N) is 4. The van der Waals surface area contributed by atoms with E-state index in [-0.39, 0.29) is 18.8 Å². The Kier molecular flexibility index (Phi) is 8.26. The average Bonchev–Trinajstić information content (AvgIpc) is 3.10. The minimum absolute atomic E-state index is 0.117. The average molecular weight is 488 g/mol. The maximum atomic E-state index is 12.6. The second-order valence-electron chi connectivity index (χ2n) is 6.35. The first kappa shape index (κ1) is 22.9. The van der Waals surface area contributed by atoms with Gasteiger partial charge in [-0.05, 0) is 51.3 Å². The van der Waals surface area contributed by atoms with Crippen LogP contribution in [0.5, 0.6) is 0 Å². The zero-order valence-corrected chi connectivity index (χ0v) is 18.4. The van der Waals surface area contributed by atoms with E-state index in [0.717, 1.165) is 12.7 Å². The highest BCUT2D eigenvalue weighted by Crippen LogP contribution is 2.16. The summed E-state index contributed by atoms with van der Waals surface area (Å²) in [6, 6.07) is 5.55. The lowest BCUT2D eigenvalue weighted by molar-refractivity contribution is -0.147. The van der Waals surface area contributed by atoms with Crippen molar-refractivity contribution >= 4 is 37.6 Å². The summed E-state index contributed by atoms with van der Waals surface area (Å²) >= 11 is 3.28. The highest BCUT2D eigenvalue weighted by Gasteiger charge is 2.25. The van der Waals surface area contributed by atoms with Gasteiger partial charge in [-0.25, -0.2) is 17.9 Å². The molecular weight excluding hydrogens is 466 g/mol. The van der Waals surface area contributed by atoms with Crippen molar-refractivity contribution in [3.63, 3.8) is 0 Å². The molecule has 0 aliphatic carbocycles. The van der Waals surface area contributed by atoms with Gasteiger partial charge in [-0.3, -0.25) is 4.79 Å². The van der Waals surface area contributed by atoms with E-state index >= 15 is 0 Å². The van der Waals surface area contributed by atoms with Gasteiger partial charge in [0.1, 0.15) is 15.9 Å². The maximum absolute atomic E-state index is 12.6. The number of hydrogen-bond acceptors (Lipinski definition) is 8. The van der Waals surface area contributed by atoms with Crippen LogP contribution in [-0.2, 0) is 32.5 Å². The van der Waals surface area contributed by atoms with E-state index in [4.69, 9.17) is 4.74 Å². The normalized spacial score (nSPS) is 12.4. The molecule has 0 unspecified atom stereocenters. The lowest BCUT2D eigenvalue weighted by atomic mass is 10.1. The molecule has 0 saturated carbocycles. The van der Waals surface area contributed by atoms with Crippen LogP contribution < -0.4 is 5.32 Å². The van der Waals surface area contributed by atoms with Crippen LogP contribution in [0.4, 0.5) is 0 Å². The van der Waals surface area contributed by atoms with Gasteiger partial charge in [0.25, 0.3) is 5.91 Å². The molecule has 0 aliphatic heterocycles. The van der Waals surface area contributed by atoms with Crippen LogP contribution in [0.1, 0.15) is 35.9 Å². The van der Waals surface area contributed by atoms with Gasteiger partial charge in [0.2, 0.25) is 0 Å². The molecule has 0 radical (unpaired) electrons. The molecule has 0 spiro atoms. The van der Waals surface area contributed by atoms with Crippen molar-refractivity contribution in [2.75, 3.05) is 12.0 Å². The number of aryl methyl sites for hydroxylation is 1. The summed E-state index contributed by atoms with van der Waals surface area (Å²) < 4.78 is 30.4. The van der Waals surface area contributed by atoms with Crippen LogP contribution in [0, 0.1) is 0 Å². The zero-order chi connectivity index (χ0) is 21.4. The third-order valence-corrected chi connectivity index (χ3v) is 5.54. The van der Waals surface area contributed by atoms with Gasteiger partial charge in [0.15, 0.2) is 12.4 Å². The van der Waals surface area contributed by atoms with Gasteiger partial charge >= 0.3 is 5.97 Å². The minimum atomic E-state index is -3.34. The number of nitrogens with one attached hydrogen (secondary N) is 1. The molecule has 0 saturated heterocycles. The summed E-state index contributed by atoms with van der Waals surface area (Å²) in [6.45, 7) is 2.33. The lowest BCUT2D eigenvalue weighted by Crippen LogP contribution is -2.43. The molecule has 1 amide bonds. The molecule has 0 fully saturated rings. The van der Waals surface area contributed by atoms with E-state index in [1.807, 2.05) is 6.92 Å². The molecule has 1 heterocycles. The SMILES string of the molecule is CCCn1nnnc1COC(=O)[C@@H](CCS(C)(=O)=O)NC(=O)c1ccccc1Br. The third-order valence-electron chi connectivity index (χ3n) is 3.87. The van der Waals surface area contributed by atoms with E-state index in [1.165, 1.54) is 4.68 Å². The Bertz CT molecular complexity index is 963. The summed E-state index contributed by atoms with van der Waals surface area (Å²) in [4.78, 5) is 25.1. The first-order valence-electron chi connectivity index (χ1n) is 8.86. The number of rotatable bonds is 10. The second-order valence-corrected chi connectivity index (χ2v) is 9.46. The van der Waals surface area contributed by atoms with Crippen molar-refractivity contribution in [2.24, 2.45) is 0 Å². The second kappa shape index (κ2) is 10.4. The van der Waals surface area contributed by atoms with E-state index in [9.17, 15) is 18.0 Å². The molecule has 2 aromatic rings. The summed E-state index contributed by atoms with van der Waals surface area (Å²) in [5, 5.41) is 13.7. The number of halogens is 1. The number of hydrogen-bond donors (Lipinski definition) is 1. The van der Waals surface area contributed by atoms with Crippen molar-refractivity contribution in [1.29, 1.82) is 0 Å². The lowest BCUT2D eigenvalue weighted by Gasteiger charge is -2.17. The van der Waals surface area contributed by atoms with Crippen LogP contribution in [0.15, 0.2) is 28.7 Å². The van der Waals surface area contributed by atoms with E-state index in [0.29, 0.717) is 22.4 Å². The van der Waals surface area contributed by atoms with Crippen LogP contribution in [0.3, 0.4) is 0 Å². The quantitative estimate of drug-likeness (QED) is 0.492. The van der Waals surface area contributed by atoms with Gasteiger partial charge in [0.05, 0.1) is 11.3 Å². The zero-order valence-electron chi connectivity index (χ0n) is 16.0. The minimum Gasteiger partial charge on any atom is -0.456 e. The van der Waals surface area contributed by atoms with Crippen LogP contribution >= 0.6 is 15.9 Å². The van der Waals surface area contributed by atoms with Crippen molar-refractivity contribution in [3.8, 4) is 0 Å². The van der Waals surface area contributed by atoms with Crippen molar-refractivity contribution in [3.05, 3.63) is 40.1 Å². The Balaban J connectivity index is 2.09. The Morgan fingerprint density at radius 3 is 2.69 bits per heavy atom. The van der Waals surface area contributed by atoms with Crippen LogP contribution in [0.2, 0.25) is 0 Å². The Morgan fingerprint density at radius 1 is 1.31 bits per heavy atom. The number of carbonyl (C=O) groups is 2. The molecule has 158 valence electrons. The van der Waals surface area contributed by atoms with E-state index < -0.39 is 27.8 Å². The summed E-state index contributed by atoms with van der Waals surface area (Å²) in [6.07, 6.45) is 1.74. The number of ether oxygens (including phenoxy) is 1. The van der Waals surface area contributed by atoms with Gasteiger partial charge in [0, 0.05) is 17.3 Å². The maximum Gasteiger partial charge on any atom is 0.329 e. The molecule has 12 heteroatoms. The smallest absolute Gasteiger partial charge is 0.329 e. The fourth-order valence-corrected chi connectivity index (χ4v) is 3.54. The third kappa shape index (κ3) is 7.20. The fraction of sp³-hybridized carbons (Fsp3) is 0.471. The van der Waals surface area contributed by atoms with E-state index in [2.05, 4.69) is 36.8 Å². The highest BCUT2D eigenvalue weighted by atomic mass is 79.9. The summed E-state index contributed by atoms with van der Waals surface area (Å²) in [5.74, 6) is -1.21. The Labute approximate surface area is 177 Å². The molecule has 10 nitrogen and oxygen atoms in total. The van der Waals surface area contributed by atoms with Crippen LogP contribution in [0.25, 0.3) is 0 Å². The van der Waals surface area contributed by atoms with Crippen molar-refractivity contribution in [1.82, 2.24) is 25.5 Å². The topological polar surface area (TPSA) is 133 Å². The first-order valence-corrected chi connectivity index (χ1v) is 11.7. The number of benzene rings is 1. The predicted molar refractivity (Wildman–Crippen MR) is 108 cm³/mol. The molecule has 0 aliphatic rings. The van der Waals surface area contributed by atoms with Crippen LogP contribution in [-0.4, -0.2) is 58.6 Å².